The third kappa shape index (κ3) is 6.48. The van der Waals surface area contributed by atoms with Crippen molar-refractivity contribution < 1.29 is 13.5 Å². The van der Waals surface area contributed by atoms with Crippen molar-refractivity contribution in [2.24, 2.45) is 17.8 Å². The van der Waals surface area contributed by atoms with Gasteiger partial charge in [-0.25, -0.2) is 0 Å². The molecular weight excluding hydrogens is 366 g/mol. The van der Waals surface area contributed by atoms with Crippen molar-refractivity contribution in [3.05, 3.63) is 41.4 Å². The zero-order chi connectivity index (χ0) is 19.1. The molecule has 0 amide bonds. The van der Waals surface area contributed by atoms with E-state index in [-0.39, 0.29) is 5.75 Å². The quantitative estimate of drug-likeness (QED) is 0.455. The van der Waals surface area contributed by atoms with Gasteiger partial charge in [0, 0.05) is 5.54 Å². The lowest BCUT2D eigenvalue weighted by atomic mass is 9.74. The molecule has 0 heterocycles. The molecular formula is C23H31ClF2O. The van der Waals surface area contributed by atoms with Gasteiger partial charge in [0.25, 0.3) is 0 Å². The van der Waals surface area contributed by atoms with Crippen LogP contribution in [0.5, 0.6) is 5.75 Å². The molecule has 1 aromatic carbocycles. The summed E-state index contributed by atoms with van der Waals surface area (Å²) in [6.45, 7) is -2.75. The minimum atomic E-state index is -2.75. The van der Waals surface area contributed by atoms with Gasteiger partial charge in [-0.2, -0.15) is 8.78 Å². The standard InChI is InChI=1S/C23H31ClF2O/c24-16-15-19-5-3-17(4-6-19)1-2-18-7-9-20(10-8-18)21-11-13-22(14-12-21)27-23(25)26/h11-20,23H,1-10H2. The summed E-state index contributed by atoms with van der Waals surface area (Å²) in [6, 6.07) is 7.25. The number of hydrogen-bond acceptors (Lipinski definition) is 1. The molecule has 2 aliphatic rings. The summed E-state index contributed by atoms with van der Waals surface area (Å²) < 4.78 is 28.9. The van der Waals surface area contributed by atoms with Gasteiger partial charge >= 0.3 is 6.61 Å². The van der Waals surface area contributed by atoms with Crippen LogP contribution in [0.3, 0.4) is 0 Å². The molecule has 0 bridgehead atoms. The molecule has 0 unspecified atom stereocenters. The summed E-state index contributed by atoms with van der Waals surface area (Å²) in [5.74, 6) is 3.29. The van der Waals surface area contributed by atoms with Gasteiger partial charge in [0.05, 0.1) is 0 Å². The predicted molar refractivity (Wildman–Crippen MR) is 107 cm³/mol. The molecule has 0 N–H and O–H groups in total. The van der Waals surface area contributed by atoms with Crippen LogP contribution in [0.1, 0.15) is 75.7 Å². The highest BCUT2D eigenvalue weighted by molar-refractivity contribution is 6.25. The van der Waals surface area contributed by atoms with Crippen LogP contribution in [0.4, 0.5) is 8.78 Å². The largest absolute Gasteiger partial charge is 0.435 e. The number of hydrogen-bond donors (Lipinski definition) is 0. The van der Waals surface area contributed by atoms with Crippen molar-refractivity contribution in [1.82, 2.24) is 0 Å². The Morgan fingerprint density at radius 1 is 0.889 bits per heavy atom. The van der Waals surface area contributed by atoms with E-state index in [0.29, 0.717) is 11.8 Å². The second-order valence-electron chi connectivity index (χ2n) is 8.34. The first-order valence-corrected chi connectivity index (χ1v) is 10.9. The molecule has 0 saturated heterocycles. The Balaban J connectivity index is 1.36. The van der Waals surface area contributed by atoms with Crippen molar-refractivity contribution in [3.8, 4) is 5.75 Å². The highest BCUT2D eigenvalue weighted by atomic mass is 35.5. The summed E-state index contributed by atoms with van der Waals surface area (Å²) in [7, 11) is 0. The predicted octanol–water partition coefficient (Wildman–Crippen LogP) is 7.90. The average Bonchev–Trinajstić information content (AvgIpc) is 2.68. The second kappa shape index (κ2) is 10.5. The first-order chi connectivity index (χ1) is 13.1. The summed E-state index contributed by atoms with van der Waals surface area (Å²) in [4.78, 5) is 0. The van der Waals surface area contributed by atoms with Crippen molar-refractivity contribution >= 4 is 11.6 Å². The third-order valence-electron chi connectivity index (χ3n) is 6.64. The molecule has 150 valence electrons. The Kier molecular flexibility index (Phi) is 7.99. The van der Waals surface area contributed by atoms with Crippen LogP contribution in [0.2, 0.25) is 0 Å². The molecule has 3 rings (SSSR count). The van der Waals surface area contributed by atoms with Crippen LogP contribution >= 0.6 is 11.6 Å². The molecule has 4 heteroatoms. The molecule has 0 aliphatic heterocycles. The maximum atomic E-state index is 12.2. The Bertz CT molecular complexity index is 571. The van der Waals surface area contributed by atoms with Crippen molar-refractivity contribution in [2.75, 3.05) is 0 Å². The second-order valence-corrected chi connectivity index (χ2v) is 8.59. The molecule has 27 heavy (non-hydrogen) atoms. The van der Waals surface area contributed by atoms with Gasteiger partial charge in [-0.05, 0) is 92.7 Å². The molecule has 2 saturated carbocycles. The monoisotopic (exact) mass is 396 g/mol. The Morgan fingerprint density at radius 2 is 1.44 bits per heavy atom. The van der Waals surface area contributed by atoms with Gasteiger partial charge in [0.2, 0.25) is 0 Å². The number of rotatable bonds is 7. The maximum absolute atomic E-state index is 12.2. The number of allylic oxidation sites excluding steroid dienone is 1. The van der Waals surface area contributed by atoms with E-state index in [1.807, 2.05) is 12.1 Å². The summed E-state index contributed by atoms with van der Waals surface area (Å²) in [5.41, 5.74) is 2.95. The maximum Gasteiger partial charge on any atom is 0.387 e. The van der Waals surface area contributed by atoms with Crippen LogP contribution in [0, 0.1) is 17.8 Å². The average molecular weight is 397 g/mol. The lowest BCUT2D eigenvalue weighted by Crippen LogP contribution is -2.17. The minimum Gasteiger partial charge on any atom is -0.435 e. The first-order valence-electron chi connectivity index (χ1n) is 10.5. The number of ether oxygens (including phenoxy) is 1. The van der Waals surface area contributed by atoms with Crippen LogP contribution in [0.25, 0.3) is 0 Å². The van der Waals surface area contributed by atoms with Crippen molar-refractivity contribution in [3.63, 3.8) is 0 Å². The van der Waals surface area contributed by atoms with E-state index in [2.05, 4.69) is 10.8 Å². The molecule has 0 aromatic heterocycles. The molecule has 0 spiro atoms. The Labute approximate surface area is 167 Å². The van der Waals surface area contributed by atoms with E-state index in [1.165, 1.54) is 69.8 Å². The molecule has 1 nitrogen and oxygen atoms in total. The van der Waals surface area contributed by atoms with Crippen LogP contribution in [-0.4, -0.2) is 6.61 Å². The molecule has 0 radical (unpaired) electrons. The van der Waals surface area contributed by atoms with Gasteiger partial charge in [-0.1, -0.05) is 42.7 Å². The summed E-state index contributed by atoms with van der Waals surface area (Å²) >= 11 is 5.70. The van der Waals surface area contributed by atoms with Crippen LogP contribution < -0.4 is 4.74 Å². The van der Waals surface area contributed by atoms with Gasteiger partial charge in [0.15, 0.2) is 0 Å². The van der Waals surface area contributed by atoms with Crippen LogP contribution in [-0.2, 0) is 0 Å². The zero-order valence-electron chi connectivity index (χ0n) is 16.0. The van der Waals surface area contributed by atoms with E-state index in [4.69, 9.17) is 11.6 Å². The van der Waals surface area contributed by atoms with Crippen molar-refractivity contribution in [2.45, 2.75) is 76.7 Å². The van der Waals surface area contributed by atoms with Gasteiger partial charge < -0.3 is 4.74 Å². The normalized spacial score (nSPS) is 29.3. The number of halogens is 3. The van der Waals surface area contributed by atoms with E-state index < -0.39 is 6.61 Å². The molecule has 2 aliphatic carbocycles. The first kappa shape index (κ1) is 20.6. The smallest absolute Gasteiger partial charge is 0.387 e. The lowest BCUT2D eigenvalue weighted by Gasteiger charge is -2.31. The SMILES string of the molecule is FC(F)Oc1ccc(C2CCC(CCC3CCC(C=CCl)CC3)CC2)cc1. The number of alkyl halides is 2. The lowest BCUT2D eigenvalue weighted by molar-refractivity contribution is -0.0498. The highest BCUT2D eigenvalue weighted by Crippen LogP contribution is 2.40. The Morgan fingerprint density at radius 3 is 1.96 bits per heavy atom. The fourth-order valence-electron chi connectivity index (χ4n) is 4.95. The number of benzene rings is 1. The van der Waals surface area contributed by atoms with Crippen LogP contribution in [0.15, 0.2) is 35.9 Å². The fraction of sp³-hybridized carbons (Fsp3) is 0.652. The molecule has 0 atom stereocenters. The minimum absolute atomic E-state index is 0.249. The van der Waals surface area contributed by atoms with E-state index in [0.717, 1.165) is 11.8 Å². The van der Waals surface area contributed by atoms with Gasteiger partial charge in [-0.3, -0.25) is 0 Å². The van der Waals surface area contributed by atoms with E-state index >= 15 is 0 Å². The Hall–Kier alpha value is -1.09. The van der Waals surface area contributed by atoms with Gasteiger partial charge in [0.1, 0.15) is 5.75 Å². The summed E-state index contributed by atoms with van der Waals surface area (Å²) in [6.07, 6.45) is 15.2. The molecule has 2 fully saturated rings. The van der Waals surface area contributed by atoms with E-state index in [1.54, 1.807) is 17.7 Å². The fourth-order valence-corrected chi connectivity index (χ4v) is 5.16. The highest BCUT2D eigenvalue weighted by Gasteiger charge is 2.25. The van der Waals surface area contributed by atoms with E-state index in [9.17, 15) is 8.78 Å². The topological polar surface area (TPSA) is 9.23 Å². The third-order valence-corrected chi connectivity index (χ3v) is 6.79. The van der Waals surface area contributed by atoms with Gasteiger partial charge in [-0.15, -0.1) is 0 Å². The zero-order valence-corrected chi connectivity index (χ0v) is 16.7. The summed E-state index contributed by atoms with van der Waals surface area (Å²) in [5, 5.41) is 0. The molecule has 1 aromatic rings. The van der Waals surface area contributed by atoms with Crippen molar-refractivity contribution in [1.29, 1.82) is 0 Å².